The van der Waals surface area contributed by atoms with Crippen molar-refractivity contribution in [1.29, 1.82) is 0 Å². The van der Waals surface area contributed by atoms with Crippen LogP contribution in [0.25, 0.3) is 0 Å². The summed E-state index contributed by atoms with van der Waals surface area (Å²) in [6.45, 7) is 1.12. The van der Waals surface area contributed by atoms with E-state index in [1.165, 1.54) is 0 Å². The van der Waals surface area contributed by atoms with Crippen LogP contribution in [0.2, 0.25) is 0 Å². The molecule has 2 aromatic rings. The Kier molecular flexibility index (Phi) is 6.08. The largest absolute Gasteiger partial charge is 0.497 e. The molecule has 1 aliphatic rings. The first-order valence-corrected chi connectivity index (χ1v) is 8.91. The second-order valence-corrected chi connectivity index (χ2v) is 6.43. The Balaban J connectivity index is 1.81. The predicted octanol–water partition coefficient (Wildman–Crippen LogP) is 2.08. The smallest absolute Gasteiger partial charge is 0.247 e. The molecule has 2 amide bonds. The fourth-order valence-corrected chi connectivity index (χ4v) is 3.33. The summed E-state index contributed by atoms with van der Waals surface area (Å²) in [6.07, 6.45) is 0.305. The zero-order chi connectivity index (χ0) is 19.2. The second-order valence-electron chi connectivity index (χ2n) is 6.43. The fraction of sp³-hybridized carbons (Fsp3) is 0.333. The number of methoxy groups -OCH3 is 2. The Hall–Kier alpha value is -2.86. The number of nitrogens with one attached hydrogen (secondary N) is 1. The molecule has 1 heterocycles. The topological polar surface area (TPSA) is 67.9 Å². The minimum atomic E-state index is -0.650. The van der Waals surface area contributed by atoms with Crippen molar-refractivity contribution in [2.75, 3.05) is 27.4 Å². The van der Waals surface area contributed by atoms with Crippen LogP contribution >= 0.6 is 0 Å². The van der Waals surface area contributed by atoms with Crippen molar-refractivity contribution in [1.82, 2.24) is 10.2 Å². The summed E-state index contributed by atoms with van der Waals surface area (Å²) < 4.78 is 10.3. The van der Waals surface area contributed by atoms with Gasteiger partial charge in [0.15, 0.2) is 0 Å². The van der Waals surface area contributed by atoms with Crippen molar-refractivity contribution in [2.45, 2.75) is 19.0 Å². The number of carbonyl (C=O) groups excluding carboxylic acids is 2. The van der Waals surface area contributed by atoms with Gasteiger partial charge in [0, 0.05) is 20.2 Å². The van der Waals surface area contributed by atoms with E-state index in [0.29, 0.717) is 26.1 Å². The lowest BCUT2D eigenvalue weighted by Gasteiger charge is -2.36. The van der Waals surface area contributed by atoms with Gasteiger partial charge in [-0.2, -0.15) is 0 Å². The van der Waals surface area contributed by atoms with Gasteiger partial charge in [0.25, 0.3) is 0 Å². The molecule has 27 heavy (non-hydrogen) atoms. The summed E-state index contributed by atoms with van der Waals surface area (Å²) in [5.41, 5.74) is 2.70. The van der Waals surface area contributed by atoms with Crippen LogP contribution in [-0.2, 0) is 27.3 Å². The lowest BCUT2D eigenvalue weighted by atomic mass is 9.91. The molecular formula is C21H24N2O4. The average Bonchev–Trinajstić information content (AvgIpc) is 2.70. The van der Waals surface area contributed by atoms with Gasteiger partial charge in [-0.25, -0.2) is 0 Å². The normalized spacial score (nSPS) is 16.0. The first-order valence-electron chi connectivity index (χ1n) is 8.91. The van der Waals surface area contributed by atoms with Crippen LogP contribution in [0, 0.1) is 0 Å². The molecular weight excluding hydrogens is 344 g/mol. The van der Waals surface area contributed by atoms with E-state index in [1.54, 1.807) is 19.1 Å². The number of fused-ring (bicyclic) bond motifs is 1. The highest BCUT2D eigenvalue weighted by Crippen LogP contribution is 2.30. The molecule has 0 fully saturated rings. The quantitative estimate of drug-likeness (QED) is 0.813. The van der Waals surface area contributed by atoms with Crippen LogP contribution in [0.1, 0.15) is 22.7 Å². The molecule has 0 unspecified atom stereocenters. The van der Waals surface area contributed by atoms with Crippen molar-refractivity contribution in [3.05, 3.63) is 65.2 Å². The number of nitrogens with zero attached hydrogens (tertiary/aromatic N) is 1. The number of ether oxygens (including phenoxy) is 2. The van der Waals surface area contributed by atoms with Gasteiger partial charge in [0.1, 0.15) is 11.8 Å². The summed E-state index contributed by atoms with van der Waals surface area (Å²) in [4.78, 5) is 27.2. The number of amides is 2. The van der Waals surface area contributed by atoms with Crippen LogP contribution in [-0.4, -0.2) is 44.1 Å². The maximum Gasteiger partial charge on any atom is 0.247 e. The standard InChI is InChI=1S/C21H24N2O4/c1-26-11-10-23-19(24)13-16-7-3-4-9-18(16)20(23)21(25)22-14-15-6-5-8-17(12-15)27-2/h3-9,12,20H,10-11,13-14H2,1-2H3,(H,22,25)/t20-/m0/s1. The maximum atomic E-state index is 13.0. The molecule has 0 spiro atoms. The molecule has 0 aromatic heterocycles. The van der Waals surface area contributed by atoms with E-state index in [9.17, 15) is 9.59 Å². The first-order chi connectivity index (χ1) is 13.1. The molecule has 1 N–H and O–H groups in total. The van der Waals surface area contributed by atoms with Gasteiger partial charge in [-0.15, -0.1) is 0 Å². The number of benzene rings is 2. The predicted molar refractivity (Wildman–Crippen MR) is 101 cm³/mol. The van der Waals surface area contributed by atoms with Crippen molar-refractivity contribution in [2.24, 2.45) is 0 Å². The molecule has 0 bridgehead atoms. The average molecular weight is 368 g/mol. The van der Waals surface area contributed by atoms with Crippen LogP contribution in [0.3, 0.4) is 0 Å². The Bertz CT molecular complexity index is 821. The highest BCUT2D eigenvalue weighted by atomic mass is 16.5. The molecule has 0 radical (unpaired) electrons. The van der Waals surface area contributed by atoms with E-state index in [0.717, 1.165) is 22.4 Å². The summed E-state index contributed by atoms with van der Waals surface area (Å²) in [7, 11) is 3.19. The van der Waals surface area contributed by atoms with Crippen LogP contribution < -0.4 is 10.1 Å². The molecule has 142 valence electrons. The van der Waals surface area contributed by atoms with E-state index in [-0.39, 0.29) is 11.8 Å². The summed E-state index contributed by atoms with van der Waals surface area (Å²) in [5.74, 6) is 0.475. The Morgan fingerprint density at radius 2 is 2.00 bits per heavy atom. The number of hydrogen-bond donors (Lipinski definition) is 1. The minimum absolute atomic E-state index is 0.0627. The van der Waals surface area contributed by atoms with Gasteiger partial charge in [-0.1, -0.05) is 36.4 Å². The Morgan fingerprint density at radius 1 is 1.19 bits per heavy atom. The third-order valence-corrected chi connectivity index (χ3v) is 4.71. The molecule has 3 rings (SSSR count). The molecule has 1 atom stereocenters. The summed E-state index contributed by atoms with van der Waals surface area (Å²) in [6, 6.07) is 14.5. The Morgan fingerprint density at radius 3 is 2.78 bits per heavy atom. The number of rotatable bonds is 7. The summed E-state index contributed by atoms with van der Waals surface area (Å²) >= 11 is 0. The first kappa shape index (κ1) is 18.9. The van der Waals surface area contributed by atoms with Gasteiger partial charge in [0.2, 0.25) is 11.8 Å². The van der Waals surface area contributed by atoms with E-state index in [1.807, 2.05) is 48.5 Å². The highest BCUT2D eigenvalue weighted by Gasteiger charge is 2.36. The van der Waals surface area contributed by atoms with Crippen LogP contribution in [0.15, 0.2) is 48.5 Å². The zero-order valence-electron chi connectivity index (χ0n) is 15.6. The molecule has 6 heteroatoms. The summed E-state index contributed by atoms with van der Waals surface area (Å²) in [5, 5.41) is 2.96. The monoisotopic (exact) mass is 368 g/mol. The fourth-order valence-electron chi connectivity index (χ4n) is 3.33. The van der Waals surface area contributed by atoms with E-state index < -0.39 is 6.04 Å². The second kappa shape index (κ2) is 8.68. The lowest BCUT2D eigenvalue weighted by Crippen LogP contribution is -2.48. The SMILES string of the molecule is COCCN1C(=O)Cc2ccccc2[C@H]1C(=O)NCc1cccc(OC)c1. The van der Waals surface area contributed by atoms with Crippen molar-refractivity contribution in [3.8, 4) is 5.75 Å². The van der Waals surface area contributed by atoms with Gasteiger partial charge in [-0.3, -0.25) is 9.59 Å². The number of carbonyl (C=O) groups is 2. The molecule has 0 saturated carbocycles. The van der Waals surface area contributed by atoms with Gasteiger partial charge in [0.05, 0.1) is 20.1 Å². The van der Waals surface area contributed by atoms with Crippen molar-refractivity contribution in [3.63, 3.8) is 0 Å². The maximum absolute atomic E-state index is 13.0. The Labute approximate surface area is 159 Å². The molecule has 0 aliphatic carbocycles. The van der Waals surface area contributed by atoms with E-state index in [4.69, 9.17) is 9.47 Å². The zero-order valence-corrected chi connectivity index (χ0v) is 15.6. The van der Waals surface area contributed by atoms with E-state index >= 15 is 0 Å². The third kappa shape index (κ3) is 4.28. The van der Waals surface area contributed by atoms with Crippen LogP contribution in [0.5, 0.6) is 5.75 Å². The van der Waals surface area contributed by atoms with Gasteiger partial charge < -0.3 is 19.7 Å². The van der Waals surface area contributed by atoms with Gasteiger partial charge >= 0.3 is 0 Å². The highest BCUT2D eigenvalue weighted by molar-refractivity contribution is 5.92. The van der Waals surface area contributed by atoms with Crippen molar-refractivity contribution < 1.29 is 19.1 Å². The molecule has 0 saturated heterocycles. The molecule has 1 aliphatic heterocycles. The molecule has 6 nitrogen and oxygen atoms in total. The molecule has 2 aromatic carbocycles. The number of hydrogen-bond acceptors (Lipinski definition) is 4. The third-order valence-electron chi connectivity index (χ3n) is 4.71. The minimum Gasteiger partial charge on any atom is -0.497 e. The van der Waals surface area contributed by atoms with E-state index in [2.05, 4.69) is 5.32 Å². The van der Waals surface area contributed by atoms with Gasteiger partial charge in [-0.05, 0) is 28.8 Å². The van der Waals surface area contributed by atoms with Crippen molar-refractivity contribution >= 4 is 11.8 Å². The van der Waals surface area contributed by atoms with Crippen LogP contribution in [0.4, 0.5) is 0 Å². The lowest BCUT2D eigenvalue weighted by molar-refractivity contribution is -0.142.